The van der Waals surface area contributed by atoms with Crippen LogP contribution in [-0.2, 0) is 4.74 Å². The number of hydrogen-bond acceptors (Lipinski definition) is 4. The van der Waals surface area contributed by atoms with Gasteiger partial charge in [0, 0.05) is 18.2 Å². The molecule has 2 rings (SSSR count). The van der Waals surface area contributed by atoms with Gasteiger partial charge in [0.25, 0.3) is 5.69 Å². The standard InChI is InChI=1S/C17H24N2O4/c1-17(2,3)23-16(20)18-14-6-4-5-13(11-14)12-7-9-15(10-8-12)19(21)22/h7-10,13-14H,4-6,11H2,1-3H3,(H,18,20)/t13-,14+/m0/s1. The van der Waals surface area contributed by atoms with E-state index < -0.39 is 10.5 Å². The number of amides is 1. The molecule has 0 spiro atoms. The van der Waals surface area contributed by atoms with Gasteiger partial charge in [-0.25, -0.2) is 4.79 Å². The maximum atomic E-state index is 11.9. The second-order valence-corrected chi connectivity index (χ2v) is 7.06. The fraction of sp³-hybridized carbons (Fsp3) is 0.588. The Morgan fingerprint density at radius 2 is 1.91 bits per heavy atom. The van der Waals surface area contributed by atoms with Crippen molar-refractivity contribution < 1.29 is 14.5 Å². The van der Waals surface area contributed by atoms with Gasteiger partial charge in [-0.05, 0) is 51.5 Å². The lowest BCUT2D eigenvalue weighted by molar-refractivity contribution is -0.384. The number of benzene rings is 1. The first-order chi connectivity index (χ1) is 10.7. The van der Waals surface area contributed by atoms with E-state index in [1.165, 1.54) is 0 Å². The zero-order valence-electron chi connectivity index (χ0n) is 13.9. The number of carbonyl (C=O) groups excluding carboxylic acids is 1. The number of rotatable bonds is 3. The summed E-state index contributed by atoms with van der Waals surface area (Å²) in [5, 5.41) is 13.7. The molecule has 23 heavy (non-hydrogen) atoms. The average molecular weight is 320 g/mol. The Hall–Kier alpha value is -2.11. The van der Waals surface area contributed by atoms with Crippen molar-refractivity contribution in [3.63, 3.8) is 0 Å². The van der Waals surface area contributed by atoms with E-state index in [4.69, 9.17) is 4.74 Å². The second-order valence-electron chi connectivity index (χ2n) is 7.06. The minimum Gasteiger partial charge on any atom is -0.444 e. The average Bonchev–Trinajstić information content (AvgIpc) is 2.45. The molecule has 0 unspecified atom stereocenters. The number of nitrogens with one attached hydrogen (secondary N) is 1. The lowest BCUT2D eigenvalue weighted by atomic mass is 9.81. The lowest BCUT2D eigenvalue weighted by Gasteiger charge is -2.31. The summed E-state index contributed by atoms with van der Waals surface area (Å²) >= 11 is 0. The second kappa shape index (κ2) is 6.98. The predicted molar refractivity (Wildman–Crippen MR) is 87.5 cm³/mol. The molecule has 0 radical (unpaired) electrons. The van der Waals surface area contributed by atoms with E-state index in [1.54, 1.807) is 12.1 Å². The molecule has 1 aromatic carbocycles. The summed E-state index contributed by atoms with van der Waals surface area (Å²) in [6.45, 7) is 5.52. The number of hydrogen-bond donors (Lipinski definition) is 1. The summed E-state index contributed by atoms with van der Waals surface area (Å²) in [7, 11) is 0. The highest BCUT2D eigenvalue weighted by Gasteiger charge is 2.26. The maximum Gasteiger partial charge on any atom is 0.407 e. The van der Waals surface area contributed by atoms with Gasteiger partial charge in [0.1, 0.15) is 5.60 Å². The molecule has 0 heterocycles. The van der Waals surface area contributed by atoms with Crippen molar-refractivity contribution in [1.29, 1.82) is 0 Å². The summed E-state index contributed by atoms with van der Waals surface area (Å²) in [4.78, 5) is 22.2. The number of non-ortho nitro benzene ring substituents is 1. The van der Waals surface area contributed by atoms with Crippen molar-refractivity contribution >= 4 is 11.8 Å². The van der Waals surface area contributed by atoms with Crippen molar-refractivity contribution in [2.45, 2.75) is 64.0 Å². The van der Waals surface area contributed by atoms with Crippen molar-refractivity contribution in [3.8, 4) is 0 Å². The van der Waals surface area contributed by atoms with Crippen LogP contribution in [0.3, 0.4) is 0 Å². The third-order valence-electron chi connectivity index (χ3n) is 3.97. The highest BCUT2D eigenvalue weighted by atomic mass is 16.6. The van der Waals surface area contributed by atoms with Gasteiger partial charge in [0.15, 0.2) is 0 Å². The maximum absolute atomic E-state index is 11.9. The Bertz CT molecular complexity index is 563. The van der Waals surface area contributed by atoms with Crippen LogP contribution in [0.15, 0.2) is 24.3 Å². The largest absolute Gasteiger partial charge is 0.444 e. The Balaban J connectivity index is 1.95. The highest BCUT2D eigenvalue weighted by molar-refractivity contribution is 5.68. The first-order valence-corrected chi connectivity index (χ1v) is 7.98. The van der Waals surface area contributed by atoms with Crippen LogP contribution >= 0.6 is 0 Å². The minimum atomic E-state index is -0.503. The molecule has 1 aromatic rings. The molecule has 6 nitrogen and oxygen atoms in total. The summed E-state index contributed by atoms with van der Waals surface area (Å²) in [6, 6.07) is 6.80. The molecular weight excluding hydrogens is 296 g/mol. The summed E-state index contributed by atoms with van der Waals surface area (Å²) in [6.07, 6.45) is 3.43. The first-order valence-electron chi connectivity index (χ1n) is 7.98. The molecule has 0 aliphatic heterocycles. The molecule has 1 aliphatic carbocycles. The zero-order valence-corrected chi connectivity index (χ0v) is 13.9. The number of alkyl carbamates (subject to hydrolysis) is 1. The van der Waals surface area contributed by atoms with Crippen LogP contribution in [0.25, 0.3) is 0 Å². The van der Waals surface area contributed by atoms with Crippen LogP contribution in [0.1, 0.15) is 57.9 Å². The van der Waals surface area contributed by atoms with E-state index >= 15 is 0 Å². The molecule has 0 bridgehead atoms. The minimum absolute atomic E-state index is 0.0822. The fourth-order valence-electron chi connectivity index (χ4n) is 2.97. The molecule has 1 amide bonds. The molecule has 6 heteroatoms. The van der Waals surface area contributed by atoms with Crippen molar-refractivity contribution in [3.05, 3.63) is 39.9 Å². The van der Waals surface area contributed by atoms with E-state index in [0.717, 1.165) is 31.2 Å². The SMILES string of the molecule is CC(C)(C)OC(=O)N[C@@H]1CCC[C@H](c2ccc([N+](=O)[O-])cc2)C1. The number of nitro groups is 1. The van der Waals surface area contributed by atoms with Crippen LogP contribution in [0.5, 0.6) is 0 Å². The summed E-state index contributed by atoms with van der Waals surface area (Å²) < 4.78 is 5.30. The Morgan fingerprint density at radius 3 is 2.48 bits per heavy atom. The highest BCUT2D eigenvalue weighted by Crippen LogP contribution is 2.33. The Labute approximate surface area is 136 Å². The topological polar surface area (TPSA) is 81.5 Å². The van der Waals surface area contributed by atoms with Gasteiger partial charge in [0.2, 0.25) is 0 Å². The lowest BCUT2D eigenvalue weighted by Crippen LogP contribution is -2.41. The van der Waals surface area contributed by atoms with E-state index in [2.05, 4.69) is 5.32 Å². The van der Waals surface area contributed by atoms with Gasteiger partial charge < -0.3 is 10.1 Å². The van der Waals surface area contributed by atoms with Gasteiger partial charge in [-0.3, -0.25) is 10.1 Å². The zero-order chi connectivity index (χ0) is 17.0. The van der Waals surface area contributed by atoms with Gasteiger partial charge in [-0.2, -0.15) is 0 Å². The number of nitrogens with zero attached hydrogens (tertiary/aromatic N) is 1. The van der Waals surface area contributed by atoms with Crippen LogP contribution in [-0.4, -0.2) is 22.7 Å². The van der Waals surface area contributed by atoms with Crippen molar-refractivity contribution in [2.75, 3.05) is 0 Å². The molecule has 126 valence electrons. The van der Waals surface area contributed by atoms with Crippen LogP contribution in [0.2, 0.25) is 0 Å². The molecule has 1 aliphatic rings. The molecule has 2 atom stereocenters. The molecule has 0 aromatic heterocycles. The number of ether oxygens (including phenoxy) is 1. The van der Waals surface area contributed by atoms with Crippen LogP contribution in [0.4, 0.5) is 10.5 Å². The fourth-order valence-corrected chi connectivity index (χ4v) is 2.97. The Morgan fingerprint density at radius 1 is 1.26 bits per heavy atom. The van der Waals surface area contributed by atoms with E-state index in [9.17, 15) is 14.9 Å². The number of carbonyl (C=O) groups is 1. The van der Waals surface area contributed by atoms with Crippen molar-refractivity contribution in [2.24, 2.45) is 0 Å². The third kappa shape index (κ3) is 5.23. The predicted octanol–water partition coefficient (Wildman–Crippen LogP) is 4.15. The third-order valence-corrected chi connectivity index (χ3v) is 3.97. The van der Waals surface area contributed by atoms with E-state index in [-0.39, 0.29) is 17.8 Å². The number of nitro benzene ring substituents is 1. The summed E-state index contributed by atoms with van der Waals surface area (Å²) in [5.74, 6) is 0.310. The normalized spacial score (nSPS) is 21.5. The molecular formula is C17H24N2O4. The molecule has 1 saturated carbocycles. The monoisotopic (exact) mass is 320 g/mol. The molecule has 1 fully saturated rings. The quantitative estimate of drug-likeness (QED) is 0.670. The van der Waals surface area contributed by atoms with Crippen LogP contribution < -0.4 is 5.32 Å². The first kappa shape index (κ1) is 17.2. The summed E-state index contributed by atoms with van der Waals surface area (Å²) in [5.41, 5.74) is 0.690. The van der Waals surface area contributed by atoms with Gasteiger partial charge >= 0.3 is 6.09 Å². The van der Waals surface area contributed by atoms with Gasteiger partial charge in [-0.1, -0.05) is 18.6 Å². The van der Waals surface area contributed by atoms with E-state index in [0.29, 0.717) is 5.92 Å². The van der Waals surface area contributed by atoms with Gasteiger partial charge in [-0.15, -0.1) is 0 Å². The van der Waals surface area contributed by atoms with Crippen LogP contribution in [0, 0.1) is 10.1 Å². The smallest absolute Gasteiger partial charge is 0.407 e. The van der Waals surface area contributed by atoms with Crippen molar-refractivity contribution in [1.82, 2.24) is 5.32 Å². The Kier molecular flexibility index (Phi) is 5.23. The molecule has 0 saturated heterocycles. The van der Waals surface area contributed by atoms with Gasteiger partial charge in [0.05, 0.1) is 4.92 Å². The van der Waals surface area contributed by atoms with E-state index in [1.807, 2.05) is 32.9 Å². The molecule has 1 N–H and O–H groups in total.